The van der Waals surface area contributed by atoms with Crippen LogP contribution in [0.1, 0.15) is 408 Å². The monoisotopic (exact) mass is 1420 g/mol. The summed E-state index contributed by atoms with van der Waals surface area (Å²) in [5.41, 5.74) is 0. The standard InChI is InChI=1S/C78H152O17P2/c1-7-10-12-14-16-34-42-48-54-60-75(80)88-66-73(94-77(82)62-56-50-44-35-17-15-13-11-8-2)68-92-96(84,85)90-64-72(79)65-91-97(86,87)93-69-74(67-89-76(81)61-55-49-43-38-32-28-25-24-26-30-36-40-46-52-58-70(4)5)95-78(83)63-57-51-45-39-33-29-23-21-19-18-20-22-27-31-37-41-47-53-59-71(6)9-3/h70-74,79H,7-69H2,1-6H3,(H,84,85)(H,86,87)/t71?,72-,73+,74+/m0/s1. The highest BCUT2D eigenvalue weighted by atomic mass is 31.2. The van der Waals surface area contributed by atoms with Crippen LogP contribution < -0.4 is 0 Å². The number of phosphoric acid groups is 2. The smallest absolute Gasteiger partial charge is 0.462 e. The first-order valence-electron chi connectivity index (χ1n) is 40.5. The van der Waals surface area contributed by atoms with Crippen LogP contribution in [-0.4, -0.2) is 96.7 Å². The van der Waals surface area contributed by atoms with Crippen molar-refractivity contribution in [3.63, 3.8) is 0 Å². The molecule has 0 aromatic carbocycles. The second-order valence-corrected chi connectivity index (χ2v) is 31.7. The third-order valence-electron chi connectivity index (χ3n) is 18.6. The predicted octanol–water partition coefficient (Wildman–Crippen LogP) is 23.1. The molecular weight excluding hydrogens is 1270 g/mol. The minimum atomic E-state index is -4.96. The van der Waals surface area contributed by atoms with E-state index in [0.29, 0.717) is 25.7 Å². The third kappa shape index (κ3) is 70.9. The summed E-state index contributed by atoms with van der Waals surface area (Å²) in [5.74, 6) is -0.446. The topological polar surface area (TPSA) is 237 Å². The third-order valence-corrected chi connectivity index (χ3v) is 20.5. The van der Waals surface area contributed by atoms with E-state index in [-0.39, 0.29) is 25.7 Å². The quantitative estimate of drug-likeness (QED) is 0.0222. The minimum absolute atomic E-state index is 0.106. The Hall–Kier alpha value is -1.94. The Morgan fingerprint density at radius 2 is 0.526 bits per heavy atom. The molecular formula is C78H152O17P2. The highest BCUT2D eigenvalue weighted by Gasteiger charge is 2.30. The van der Waals surface area contributed by atoms with E-state index in [0.717, 1.165) is 102 Å². The largest absolute Gasteiger partial charge is 0.472 e. The van der Waals surface area contributed by atoms with E-state index in [1.54, 1.807) is 0 Å². The molecule has 0 rings (SSSR count). The summed E-state index contributed by atoms with van der Waals surface area (Å²) in [6.07, 6.45) is 58.4. The zero-order chi connectivity index (χ0) is 71.4. The summed E-state index contributed by atoms with van der Waals surface area (Å²) in [6, 6.07) is 0. The van der Waals surface area contributed by atoms with Crippen molar-refractivity contribution in [3.05, 3.63) is 0 Å². The van der Waals surface area contributed by atoms with Gasteiger partial charge in [-0.25, -0.2) is 9.13 Å². The Kier molecular flexibility index (Phi) is 68.4. The van der Waals surface area contributed by atoms with Crippen molar-refractivity contribution in [1.29, 1.82) is 0 Å². The number of hydrogen-bond donors (Lipinski definition) is 3. The van der Waals surface area contributed by atoms with Gasteiger partial charge in [0.05, 0.1) is 26.4 Å². The average molecular weight is 1420 g/mol. The molecule has 0 aliphatic rings. The maximum Gasteiger partial charge on any atom is 0.472 e. The molecule has 0 saturated heterocycles. The van der Waals surface area contributed by atoms with Gasteiger partial charge in [-0.1, -0.05) is 356 Å². The normalized spacial score (nSPS) is 14.2. The fraction of sp³-hybridized carbons (Fsp3) is 0.949. The molecule has 3 N–H and O–H groups in total. The zero-order valence-corrected chi connectivity index (χ0v) is 65.2. The zero-order valence-electron chi connectivity index (χ0n) is 63.4. The summed E-state index contributed by atoms with van der Waals surface area (Å²) in [4.78, 5) is 72.7. The molecule has 0 saturated carbocycles. The van der Waals surface area contributed by atoms with Gasteiger partial charge in [-0.15, -0.1) is 0 Å². The van der Waals surface area contributed by atoms with Crippen LogP contribution in [0, 0.1) is 11.8 Å². The van der Waals surface area contributed by atoms with Crippen LogP contribution in [0.25, 0.3) is 0 Å². The average Bonchev–Trinajstić information content (AvgIpc) is 1.05. The van der Waals surface area contributed by atoms with Crippen LogP contribution in [-0.2, 0) is 65.4 Å². The Bertz CT molecular complexity index is 1870. The summed E-state index contributed by atoms with van der Waals surface area (Å²) in [7, 11) is -9.91. The van der Waals surface area contributed by atoms with Crippen molar-refractivity contribution in [1.82, 2.24) is 0 Å². The molecule has 3 unspecified atom stereocenters. The van der Waals surface area contributed by atoms with E-state index >= 15 is 0 Å². The van der Waals surface area contributed by atoms with Gasteiger partial charge in [-0.3, -0.25) is 37.3 Å². The molecule has 0 spiro atoms. The molecule has 0 aromatic rings. The van der Waals surface area contributed by atoms with E-state index in [1.807, 2.05) is 0 Å². The van der Waals surface area contributed by atoms with Gasteiger partial charge in [0.2, 0.25) is 0 Å². The number of rotatable bonds is 77. The second kappa shape index (κ2) is 69.8. The molecule has 97 heavy (non-hydrogen) atoms. The van der Waals surface area contributed by atoms with Gasteiger partial charge < -0.3 is 33.8 Å². The predicted molar refractivity (Wildman–Crippen MR) is 395 cm³/mol. The first-order chi connectivity index (χ1) is 46.9. The van der Waals surface area contributed by atoms with Gasteiger partial charge in [0.25, 0.3) is 0 Å². The van der Waals surface area contributed by atoms with Crippen molar-refractivity contribution < 1.29 is 80.2 Å². The number of aliphatic hydroxyl groups excluding tert-OH is 1. The molecule has 0 aliphatic heterocycles. The van der Waals surface area contributed by atoms with Crippen LogP contribution in [0.5, 0.6) is 0 Å². The van der Waals surface area contributed by atoms with Crippen LogP contribution in [0.2, 0.25) is 0 Å². The Morgan fingerprint density at radius 1 is 0.299 bits per heavy atom. The van der Waals surface area contributed by atoms with Crippen LogP contribution >= 0.6 is 15.6 Å². The summed E-state index contributed by atoms with van der Waals surface area (Å²) >= 11 is 0. The maximum atomic E-state index is 13.1. The van der Waals surface area contributed by atoms with Gasteiger partial charge in [0.1, 0.15) is 19.3 Å². The second-order valence-electron chi connectivity index (χ2n) is 28.8. The summed E-state index contributed by atoms with van der Waals surface area (Å²) in [5, 5.41) is 10.6. The van der Waals surface area contributed by atoms with Gasteiger partial charge in [-0.2, -0.15) is 0 Å². The molecule has 0 aliphatic carbocycles. The molecule has 0 aromatic heterocycles. The van der Waals surface area contributed by atoms with Crippen LogP contribution in [0.4, 0.5) is 0 Å². The van der Waals surface area contributed by atoms with Crippen molar-refractivity contribution in [2.24, 2.45) is 11.8 Å². The molecule has 0 heterocycles. The number of aliphatic hydroxyl groups is 1. The molecule has 0 bridgehead atoms. The lowest BCUT2D eigenvalue weighted by Crippen LogP contribution is -2.30. The molecule has 576 valence electrons. The Labute approximate surface area is 594 Å². The van der Waals surface area contributed by atoms with Gasteiger partial charge >= 0.3 is 39.5 Å². The molecule has 0 fully saturated rings. The first kappa shape index (κ1) is 95.1. The lowest BCUT2D eigenvalue weighted by atomic mass is 9.99. The number of esters is 4. The molecule has 0 radical (unpaired) electrons. The van der Waals surface area contributed by atoms with E-state index in [9.17, 15) is 43.2 Å². The van der Waals surface area contributed by atoms with E-state index in [4.69, 9.17) is 37.0 Å². The van der Waals surface area contributed by atoms with E-state index < -0.39 is 97.5 Å². The molecule has 0 amide bonds. The minimum Gasteiger partial charge on any atom is -0.462 e. The fourth-order valence-corrected chi connectivity index (χ4v) is 13.6. The summed E-state index contributed by atoms with van der Waals surface area (Å²) < 4.78 is 68.5. The van der Waals surface area contributed by atoms with Gasteiger partial charge in [-0.05, 0) is 37.5 Å². The van der Waals surface area contributed by atoms with Gasteiger partial charge in [0.15, 0.2) is 12.2 Å². The van der Waals surface area contributed by atoms with Crippen molar-refractivity contribution >= 4 is 39.5 Å². The molecule has 6 atom stereocenters. The number of ether oxygens (including phenoxy) is 4. The fourth-order valence-electron chi connectivity index (χ4n) is 12.0. The highest BCUT2D eigenvalue weighted by molar-refractivity contribution is 7.47. The van der Waals surface area contributed by atoms with Gasteiger partial charge in [0, 0.05) is 25.7 Å². The SMILES string of the molecule is CCCCCCCCCCCC(=O)OC[C@H](COP(=O)(O)OC[C@H](O)COP(=O)(O)OC[C@@H](COC(=O)CCCCCCCCCCCCCCCCC(C)C)OC(=O)CCCCCCCCCCCCCCCCCCCCC(C)CC)OC(=O)CCCCCCCCCCC. The van der Waals surface area contributed by atoms with Crippen molar-refractivity contribution in [2.75, 3.05) is 39.6 Å². The Morgan fingerprint density at radius 3 is 0.784 bits per heavy atom. The van der Waals surface area contributed by atoms with Crippen molar-refractivity contribution in [2.45, 2.75) is 426 Å². The summed E-state index contributed by atoms with van der Waals surface area (Å²) in [6.45, 7) is 9.66. The lowest BCUT2D eigenvalue weighted by Gasteiger charge is -2.21. The number of unbranched alkanes of at least 4 members (excludes halogenated alkanes) is 46. The van der Waals surface area contributed by atoms with Crippen molar-refractivity contribution in [3.8, 4) is 0 Å². The Balaban J connectivity index is 5.16. The number of phosphoric ester groups is 2. The number of carbonyl (C=O) groups excluding carboxylic acids is 4. The van der Waals surface area contributed by atoms with Crippen LogP contribution in [0.3, 0.4) is 0 Å². The molecule has 17 nitrogen and oxygen atoms in total. The number of hydrogen-bond acceptors (Lipinski definition) is 15. The highest BCUT2D eigenvalue weighted by Crippen LogP contribution is 2.45. The lowest BCUT2D eigenvalue weighted by molar-refractivity contribution is -0.161. The number of carbonyl (C=O) groups is 4. The molecule has 19 heteroatoms. The maximum absolute atomic E-state index is 13.1. The van der Waals surface area contributed by atoms with E-state index in [2.05, 4.69) is 41.5 Å². The van der Waals surface area contributed by atoms with E-state index in [1.165, 1.54) is 225 Å². The van der Waals surface area contributed by atoms with Crippen LogP contribution in [0.15, 0.2) is 0 Å². The first-order valence-corrected chi connectivity index (χ1v) is 43.5.